The lowest BCUT2D eigenvalue weighted by atomic mass is 10.0. The zero-order valence-electron chi connectivity index (χ0n) is 10.9. The Labute approximate surface area is 121 Å². The molecule has 0 atom stereocenters. The molecular weight excluding hydrogens is 278 g/mol. The van der Waals surface area contributed by atoms with Crippen LogP contribution in [-0.4, -0.2) is 30.5 Å². The first-order valence-electron chi connectivity index (χ1n) is 6.16. The van der Waals surface area contributed by atoms with Gasteiger partial charge < -0.3 is 10.2 Å². The SMILES string of the molecule is CCc1c(C#N)c(Cl)nc(N2CCNC(=O)C2)c1C#N. The number of piperazine rings is 1. The average molecular weight is 290 g/mol. The van der Waals surface area contributed by atoms with Crippen LogP contribution in [0.25, 0.3) is 0 Å². The van der Waals surface area contributed by atoms with Crippen molar-refractivity contribution >= 4 is 23.3 Å². The predicted octanol–water partition coefficient (Wildman–Crippen LogP) is 0.977. The number of rotatable bonds is 2. The van der Waals surface area contributed by atoms with Crippen molar-refractivity contribution in [2.45, 2.75) is 13.3 Å². The lowest BCUT2D eigenvalue weighted by molar-refractivity contribution is -0.120. The van der Waals surface area contributed by atoms with Gasteiger partial charge in [-0.05, 0) is 12.0 Å². The first-order chi connectivity index (χ1) is 9.62. The molecule has 20 heavy (non-hydrogen) atoms. The van der Waals surface area contributed by atoms with E-state index in [1.54, 1.807) is 4.90 Å². The Balaban J connectivity index is 2.59. The van der Waals surface area contributed by atoms with Gasteiger partial charge in [0.15, 0.2) is 0 Å². The number of anilines is 1. The highest BCUT2D eigenvalue weighted by atomic mass is 35.5. The molecule has 0 spiro atoms. The van der Waals surface area contributed by atoms with Gasteiger partial charge in [0, 0.05) is 13.1 Å². The molecule has 7 heteroatoms. The normalized spacial score (nSPS) is 14.4. The third-order valence-corrected chi connectivity index (χ3v) is 3.43. The Kier molecular flexibility index (Phi) is 4.07. The van der Waals surface area contributed by atoms with Crippen LogP contribution in [0, 0.1) is 22.7 Å². The van der Waals surface area contributed by atoms with Gasteiger partial charge in [-0.1, -0.05) is 18.5 Å². The molecule has 1 fully saturated rings. The third kappa shape index (κ3) is 2.38. The Morgan fingerprint density at radius 2 is 2.10 bits per heavy atom. The van der Waals surface area contributed by atoms with Crippen LogP contribution in [0.5, 0.6) is 0 Å². The van der Waals surface area contributed by atoms with Gasteiger partial charge in [0.1, 0.15) is 23.1 Å². The minimum atomic E-state index is -0.125. The molecule has 1 amide bonds. The third-order valence-electron chi connectivity index (χ3n) is 3.15. The molecule has 1 aromatic heterocycles. The second-order valence-corrected chi connectivity index (χ2v) is 4.66. The Morgan fingerprint density at radius 1 is 1.40 bits per heavy atom. The Morgan fingerprint density at radius 3 is 2.65 bits per heavy atom. The van der Waals surface area contributed by atoms with Crippen LogP contribution in [-0.2, 0) is 11.2 Å². The predicted molar refractivity (Wildman–Crippen MR) is 73.3 cm³/mol. The number of hydrogen-bond acceptors (Lipinski definition) is 5. The molecule has 0 unspecified atom stereocenters. The van der Waals surface area contributed by atoms with Gasteiger partial charge in [-0.25, -0.2) is 4.98 Å². The molecule has 1 aromatic rings. The summed E-state index contributed by atoms with van der Waals surface area (Å²) in [6, 6.07) is 4.07. The number of aromatic nitrogens is 1. The molecule has 0 aromatic carbocycles. The molecule has 1 saturated heterocycles. The van der Waals surface area contributed by atoms with Crippen molar-refractivity contribution in [3.8, 4) is 12.1 Å². The highest BCUT2D eigenvalue weighted by molar-refractivity contribution is 6.30. The fraction of sp³-hybridized carbons (Fsp3) is 0.385. The van der Waals surface area contributed by atoms with E-state index in [-0.39, 0.29) is 23.2 Å². The molecule has 2 rings (SSSR count). The maximum atomic E-state index is 11.5. The van der Waals surface area contributed by atoms with Crippen molar-refractivity contribution in [2.24, 2.45) is 0 Å². The second kappa shape index (κ2) is 5.77. The maximum Gasteiger partial charge on any atom is 0.239 e. The van der Waals surface area contributed by atoms with Gasteiger partial charge in [-0.2, -0.15) is 10.5 Å². The van der Waals surface area contributed by atoms with Crippen molar-refractivity contribution in [1.82, 2.24) is 10.3 Å². The Hall–Kier alpha value is -2.31. The van der Waals surface area contributed by atoms with Crippen LogP contribution in [0.3, 0.4) is 0 Å². The molecule has 102 valence electrons. The molecule has 1 N–H and O–H groups in total. The second-order valence-electron chi connectivity index (χ2n) is 4.30. The summed E-state index contributed by atoms with van der Waals surface area (Å²) in [5.41, 5.74) is 1.13. The van der Waals surface area contributed by atoms with E-state index in [1.807, 2.05) is 13.0 Å². The highest BCUT2D eigenvalue weighted by Crippen LogP contribution is 2.29. The summed E-state index contributed by atoms with van der Waals surface area (Å²) in [5, 5.41) is 21.3. The summed E-state index contributed by atoms with van der Waals surface area (Å²) >= 11 is 6.03. The molecule has 0 aliphatic carbocycles. The van der Waals surface area contributed by atoms with Crippen molar-refractivity contribution < 1.29 is 4.79 Å². The number of carbonyl (C=O) groups is 1. The van der Waals surface area contributed by atoms with E-state index in [2.05, 4.69) is 16.4 Å². The van der Waals surface area contributed by atoms with Gasteiger partial charge >= 0.3 is 0 Å². The zero-order chi connectivity index (χ0) is 14.7. The number of carbonyl (C=O) groups excluding carboxylic acids is 1. The van der Waals surface area contributed by atoms with Crippen LogP contribution in [0.4, 0.5) is 5.82 Å². The van der Waals surface area contributed by atoms with E-state index in [0.717, 1.165) is 0 Å². The molecule has 0 radical (unpaired) electrons. The number of pyridine rings is 1. The number of halogens is 1. The van der Waals surface area contributed by atoms with Crippen LogP contribution in [0.2, 0.25) is 5.15 Å². The number of nitrogens with zero attached hydrogens (tertiary/aromatic N) is 4. The van der Waals surface area contributed by atoms with Crippen molar-refractivity contribution in [3.63, 3.8) is 0 Å². The van der Waals surface area contributed by atoms with Gasteiger partial charge in [0.25, 0.3) is 0 Å². The largest absolute Gasteiger partial charge is 0.353 e. The number of hydrogen-bond donors (Lipinski definition) is 1. The van der Waals surface area contributed by atoms with E-state index >= 15 is 0 Å². The van der Waals surface area contributed by atoms with E-state index in [4.69, 9.17) is 16.9 Å². The van der Waals surface area contributed by atoms with Gasteiger partial charge in [-0.15, -0.1) is 0 Å². The van der Waals surface area contributed by atoms with E-state index < -0.39 is 0 Å². The molecule has 0 saturated carbocycles. The smallest absolute Gasteiger partial charge is 0.239 e. The summed E-state index contributed by atoms with van der Waals surface area (Å²) in [4.78, 5) is 17.3. The molecule has 2 heterocycles. The summed E-state index contributed by atoms with van der Waals surface area (Å²) in [5.74, 6) is 0.253. The monoisotopic (exact) mass is 289 g/mol. The van der Waals surface area contributed by atoms with Gasteiger partial charge in [-0.3, -0.25) is 4.79 Å². The minimum absolute atomic E-state index is 0.0735. The van der Waals surface area contributed by atoms with Gasteiger partial charge in [0.05, 0.1) is 17.7 Å². The average Bonchev–Trinajstić information content (AvgIpc) is 2.45. The van der Waals surface area contributed by atoms with Crippen LogP contribution >= 0.6 is 11.6 Å². The van der Waals surface area contributed by atoms with Crippen LogP contribution in [0.15, 0.2) is 0 Å². The number of amides is 1. The topological polar surface area (TPSA) is 92.8 Å². The lowest BCUT2D eigenvalue weighted by Crippen LogP contribution is -2.48. The van der Waals surface area contributed by atoms with E-state index in [9.17, 15) is 10.1 Å². The summed E-state index contributed by atoms with van der Waals surface area (Å²) in [6.45, 7) is 3.02. The standard InChI is InChI=1S/C13H12ClN5O/c1-2-8-9(5-15)12(14)18-13(10(8)6-16)19-4-3-17-11(20)7-19/h2-4,7H2,1H3,(H,17,20). The fourth-order valence-electron chi connectivity index (χ4n) is 2.22. The van der Waals surface area contributed by atoms with Crippen LogP contribution in [0.1, 0.15) is 23.6 Å². The van der Waals surface area contributed by atoms with E-state index in [1.165, 1.54) is 0 Å². The van der Waals surface area contributed by atoms with E-state index in [0.29, 0.717) is 36.5 Å². The van der Waals surface area contributed by atoms with Crippen molar-refractivity contribution in [2.75, 3.05) is 24.5 Å². The van der Waals surface area contributed by atoms with Crippen LogP contribution < -0.4 is 10.2 Å². The number of nitrogens with one attached hydrogen (secondary N) is 1. The number of nitriles is 2. The van der Waals surface area contributed by atoms with Crippen molar-refractivity contribution in [3.05, 3.63) is 21.8 Å². The zero-order valence-corrected chi connectivity index (χ0v) is 11.7. The first-order valence-corrected chi connectivity index (χ1v) is 6.54. The summed E-state index contributed by atoms with van der Waals surface area (Å²) in [7, 11) is 0. The molecule has 1 aliphatic heterocycles. The molecular formula is C13H12ClN5O. The summed E-state index contributed by atoms with van der Waals surface area (Å²) < 4.78 is 0. The molecule has 6 nitrogen and oxygen atoms in total. The quantitative estimate of drug-likeness (QED) is 0.819. The minimum Gasteiger partial charge on any atom is -0.353 e. The maximum absolute atomic E-state index is 11.5. The summed E-state index contributed by atoms with van der Waals surface area (Å²) in [6.07, 6.45) is 0.501. The Bertz CT molecular complexity index is 644. The molecule has 1 aliphatic rings. The highest BCUT2D eigenvalue weighted by Gasteiger charge is 2.25. The molecule has 0 bridgehead atoms. The van der Waals surface area contributed by atoms with Crippen molar-refractivity contribution in [1.29, 1.82) is 10.5 Å². The fourth-order valence-corrected chi connectivity index (χ4v) is 2.46. The lowest BCUT2D eigenvalue weighted by Gasteiger charge is -2.29. The van der Waals surface area contributed by atoms with Gasteiger partial charge in [0.2, 0.25) is 5.91 Å². The first kappa shape index (κ1) is 14.1.